The Morgan fingerprint density at radius 3 is 2.91 bits per heavy atom. The van der Waals surface area contributed by atoms with E-state index in [-0.39, 0.29) is 0 Å². The standard InChI is InChI=1S/C19H18N2O2/c22-19(23)14-7-6-13-10-18-16-5-2-1-4-15(16)12-20-8-3-9-21(18)17(13)11-14/h3,6-11H,1-2,4-5,12H2,(H,22,23). The summed E-state index contributed by atoms with van der Waals surface area (Å²) in [5.74, 6) is -0.895. The number of allylic oxidation sites excluding steroid dienone is 2. The number of hydrogen-bond acceptors (Lipinski definition) is 2. The number of aliphatic imine (C=N–C) groups is 1. The molecule has 23 heavy (non-hydrogen) atoms. The largest absolute Gasteiger partial charge is 0.478 e. The number of fused-ring (bicyclic) bond motifs is 4. The third kappa shape index (κ3) is 2.40. The number of nitrogens with zero attached hydrogens (tertiary/aromatic N) is 2. The molecule has 2 aromatic rings. The van der Waals surface area contributed by atoms with Crippen LogP contribution in [0.2, 0.25) is 0 Å². The maximum absolute atomic E-state index is 11.3. The fourth-order valence-electron chi connectivity index (χ4n) is 3.55. The fraction of sp³-hybridized carbons (Fsp3) is 0.263. The molecule has 0 amide bonds. The van der Waals surface area contributed by atoms with Gasteiger partial charge in [0, 0.05) is 23.5 Å². The van der Waals surface area contributed by atoms with Gasteiger partial charge in [0.1, 0.15) is 0 Å². The maximum atomic E-state index is 11.3. The first-order chi connectivity index (χ1) is 11.2. The highest BCUT2D eigenvalue weighted by Crippen LogP contribution is 2.36. The zero-order chi connectivity index (χ0) is 15.8. The molecular weight excluding hydrogens is 288 g/mol. The monoisotopic (exact) mass is 306 g/mol. The van der Waals surface area contributed by atoms with Gasteiger partial charge in [0.05, 0.1) is 17.6 Å². The highest BCUT2D eigenvalue weighted by molar-refractivity contribution is 5.96. The summed E-state index contributed by atoms with van der Waals surface area (Å²) in [6, 6.07) is 7.50. The van der Waals surface area contributed by atoms with Crippen molar-refractivity contribution < 1.29 is 9.90 Å². The average Bonchev–Trinajstić information content (AvgIpc) is 2.95. The first-order valence-corrected chi connectivity index (χ1v) is 8.00. The van der Waals surface area contributed by atoms with Gasteiger partial charge in [0.15, 0.2) is 0 Å². The van der Waals surface area contributed by atoms with E-state index in [0.29, 0.717) is 5.56 Å². The number of rotatable bonds is 1. The van der Waals surface area contributed by atoms with Crippen molar-refractivity contribution in [3.8, 4) is 0 Å². The minimum atomic E-state index is -0.895. The topological polar surface area (TPSA) is 54.6 Å². The van der Waals surface area contributed by atoms with Crippen molar-refractivity contribution in [1.29, 1.82) is 0 Å². The summed E-state index contributed by atoms with van der Waals surface area (Å²) < 4.78 is 2.11. The molecule has 0 spiro atoms. The van der Waals surface area contributed by atoms with Gasteiger partial charge in [-0.3, -0.25) is 4.99 Å². The van der Waals surface area contributed by atoms with Crippen LogP contribution in [0.1, 0.15) is 41.7 Å². The second-order valence-corrected chi connectivity index (χ2v) is 6.10. The molecule has 0 fully saturated rings. The van der Waals surface area contributed by atoms with Gasteiger partial charge in [0.25, 0.3) is 0 Å². The van der Waals surface area contributed by atoms with Crippen molar-refractivity contribution >= 4 is 34.9 Å². The average molecular weight is 306 g/mol. The van der Waals surface area contributed by atoms with Gasteiger partial charge in [-0.2, -0.15) is 0 Å². The Bertz CT molecular complexity index is 884. The Morgan fingerprint density at radius 1 is 1.17 bits per heavy atom. The maximum Gasteiger partial charge on any atom is 0.335 e. The Kier molecular flexibility index (Phi) is 3.37. The zero-order valence-corrected chi connectivity index (χ0v) is 12.8. The summed E-state index contributed by atoms with van der Waals surface area (Å²) in [7, 11) is 0. The van der Waals surface area contributed by atoms with Crippen LogP contribution in [0.3, 0.4) is 0 Å². The molecule has 1 aromatic carbocycles. The number of aromatic nitrogens is 1. The number of carbonyl (C=O) groups is 1. The number of hydrogen-bond donors (Lipinski definition) is 1. The van der Waals surface area contributed by atoms with Crippen molar-refractivity contribution in [2.45, 2.75) is 25.7 Å². The molecule has 2 aliphatic rings. The van der Waals surface area contributed by atoms with Crippen molar-refractivity contribution in [3.63, 3.8) is 0 Å². The molecule has 0 saturated carbocycles. The van der Waals surface area contributed by atoms with E-state index in [1.807, 2.05) is 24.6 Å². The molecule has 1 aromatic heterocycles. The number of benzene rings is 1. The molecule has 116 valence electrons. The van der Waals surface area contributed by atoms with Gasteiger partial charge in [-0.05, 0) is 61.1 Å². The van der Waals surface area contributed by atoms with Crippen molar-refractivity contribution in [3.05, 3.63) is 47.2 Å². The van der Waals surface area contributed by atoms with Gasteiger partial charge in [0.2, 0.25) is 0 Å². The summed E-state index contributed by atoms with van der Waals surface area (Å²) in [6.07, 6.45) is 10.3. The van der Waals surface area contributed by atoms with Crippen LogP contribution in [-0.2, 0) is 0 Å². The molecule has 0 bridgehead atoms. The van der Waals surface area contributed by atoms with E-state index in [1.54, 1.807) is 12.1 Å². The van der Waals surface area contributed by atoms with Crippen LogP contribution in [0.5, 0.6) is 0 Å². The molecule has 0 atom stereocenters. The van der Waals surface area contributed by atoms with E-state index >= 15 is 0 Å². The van der Waals surface area contributed by atoms with Gasteiger partial charge in [-0.1, -0.05) is 6.07 Å². The minimum Gasteiger partial charge on any atom is -0.478 e. The first kappa shape index (κ1) is 14.0. The third-order valence-corrected chi connectivity index (χ3v) is 4.69. The summed E-state index contributed by atoms with van der Waals surface area (Å²) in [6.45, 7) is 0.765. The molecule has 0 saturated heterocycles. The molecule has 4 nitrogen and oxygen atoms in total. The van der Waals surface area contributed by atoms with E-state index in [0.717, 1.165) is 30.3 Å². The highest BCUT2D eigenvalue weighted by Gasteiger charge is 2.19. The van der Waals surface area contributed by atoms with Crippen LogP contribution in [0.4, 0.5) is 0 Å². The normalized spacial score (nSPS) is 17.4. The minimum absolute atomic E-state index is 0.318. The second kappa shape index (κ2) is 5.54. The lowest BCUT2D eigenvalue weighted by Crippen LogP contribution is -2.05. The molecule has 1 aliphatic carbocycles. The first-order valence-electron chi connectivity index (χ1n) is 8.00. The van der Waals surface area contributed by atoms with Crippen LogP contribution in [0, 0.1) is 0 Å². The molecule has 1 N–H and O–H groups in total. The molecular formula is C19H18N2O2. The van der Waals surface area contributed by atoms with E-state index in [2.05, 4.69) is 15.6 Å². The van der Waals surface area contributed by atoms with Gasteiger partial charge >= 0.3 is 5.97 Å². The van der Waals surface area contributed by atoms with Crippen molar-refractivity contribution in [2.75, 3.05) is 6.54 Å². The molecule has 0 unspecified atom stereocenters. The van der Waals surface area contributed by atoms with Crippen LogP contribution < -0.4 is 0 Å². The van der Waals surface area contributed by atoms with Gasteiger partial charge in [-0.15, -0.1) is 0 Å². The highest BCUT2D eigenvalue weighted by atomic mass is 16.4. The molecule has 4 rings (SSSR count). The SMILES string of the molecule is O=C(O)c1ccc2cc3n(c2c1)C=CC=NCC1=C3CCCC1. The Labute approximate surface area is 134 Å². The van der Waals surface area contributed by atoms with Crippen LogP contribution in [-0.4, -0.2) is 28.4 Å². The third-order valence-electron chi connectivity index (χ3n) is 4.69. The zero-order valence-electron chi connectivity index (χ0n) is 12.8. The fourth-order valence-corrected chi connectivity index (χ4v) is 3.55. The lowest BCUT2D eigenvalue weighted by atomic mass is 9.89. The summed E-state index contributed by atoms with van der Waals surface area (Å²) >= 11 is 0. The molecule has 1 aliphatic heterocycles. The molecule has 2 heterocycles. The molecule has 0 radical (unpaired) electrons. The van der Waals surface area contributed by atoms with Crippen molar-refractivity contribution in [2.24, 2.45) is 4.99 Å². The Balaban J connectivity index is 2.00. The van der Waals surface area contributed by atoms with Crippen LogP contribution in [0.15, 0.2) is 40.9 Å². The smallest absolute Gasteiger partial charge is 0.335 e. The lowest BCUT2D eigenvalue weighted by Gasteiger charge is -2.20. The second-order valence-electron chi connectivity index (χ2n) is 6.10. The quantitative estimate of drug-likeness (QED) is 0.857. The predicted molar refractivity (Wildman–Crippen MR) is 93.0 cm³/mol. The lowest BCUT2D eigenvalue weighted by molar-refractivity contribution is 0.0697. The van der Waals surface area contributed by atoms with Crippen LogP contribution >= 0.6 is 0 Å². The summed E-state index contributed by atoms with van der Waals surface area (Å²) in [5.41, 5.74) is 5.23. The molecule has 4 heteroatoms. The van der Waals surface area contributed by atoms with E-state index < -0.39 is 5.97 Å². The Hall–Kier alpha value is -2.62. The summed E-state index contributed by atoms with van der Waals surface area (Å²) in [5, 5.41) is 10.3. The van der Waals surface area contributed by atoms with Gasteiger partial charge < -0.3 is 9.67 Å². The van der Waals surface area contributed by atoms with Crippen LogP contribution in [0.25, 0.3) is 22.7 Å². The summed E-state index contributed by atoms with van der Waals surface area (Å²) in [4.78, 5) is 15.8. The Morgan fingerprint density at radius 2 is 2.04 bits per heavy atom. The number of carboxylic acids is 1. The van der Waals surface area contributed by atoms with E-state index in [4.69, 9.17) is 0 Å². The van der Waals surface area contributed by atoms with Crippen molar-refractivity contribution in [1.82, 2.24) is 4.57 Å². The number of aromatic carboxylic acids is 1. The van der Waals surface area contributed by atoms with E-state index in [9.17, 15) is 9.90 Å². The van der Waals surface area contributed by atoms with E-state index in [1.165, 1.54) is 29.7 Å². The number of carboxylic acid groups (broad SMARTS) is 1. The predicted octanol–water partition coefficient (Wildman–Crippen LogP) is 4.22. The van der Waals surface area contributed by atoms with Gasteiger partial charge in [-0.25, -0.2) is 4.79 Å².